The summed E-state index contributed by atoms with van der Waals surface area (Å²) < 4.78 is 0. The molecule has 2 unspecified atom stereocenters. The van der Waals surface area contributed by atoms with Gasteiger partial charge in [-0.2, -0.15) is 0 Å². The number of piperidine rings is 1. The summed E-state index contributed by atoms with van der Waals surface area (Å²) in [6.07, 6.45) is 3.71. The molecule has 2 heterocycles. The quantitative estimate of drug-likeness (QED) is 0.742. The Morgan fingerprint density at radius 2 is 2.44 bits per heavy atom. The third-order valence-electron chi connectivity index (χ3n) is 3.19. The molecule has 86 valence electrons. The molecule has 0 saturated carbocycles. The second-order valence-corrected chi connectivity index (χ2v) is 4.73. The molecule has 0 aliphatic carbocycles. The summed E-state index contributed by atoms with van der Waals surface area (Å²) in [6.45, 7) is 3.80. The van der Waals surface area contributed by atoms with Crippen LogP contribution in [0.25, 0.3) is 0 Å². The van der Waals surface area contributed by atoms with Crippen molar-refractivity contribution in [2.75, 3.05) is 18.0 Å². The number of rotatable bonds is 2. The van der Waals surface area contributed by atoms with Crippen molar-refractivity contribution < 1.29 is 4.79 Å². The maximum Gasteiger partial charge on any atom is 0.147 e. The second kappa shape index (κ2) is 4.83. The van der Waals surface area contributed by atoms with E-state index in [1.165, 1.54) is 0 Å². The van der Waals surface area contributed by atoms with E-state index in [4.69, 9.17) is 11.6 Å². The molecule has 1 aliphatic rings. The fourth-order valence-electron chi connectivity index (χ4n) is 2.17. The lowest BCUT2D eigenvalue weighted by molar-refractivity contribution is -0.112. The van der Waals surface area contributed by atoms with Crippen LogP contribution < -0.4 is 4.90 Å². The molecular weight excluding hydrogens is 224 g/mol. The molecule has 3 nitrogen and oxygen atoms in total. The fraction of sp³-hybridized carbons (Fsp3) is 0.500. The number of pyridine rings is 1. The van der Waals surface area contributed by atoms with Gasteiger partial charge in [0.2, 0.25) is 0 Å². The molecule has 1 aromatic heterocycles. The fourth-order valence-corrected chi connectivity index (χ4v) is 2.41. The van der Waals surface area contributed by atoms with E-state index in [1.807, 2.05) is 12.1 Å². The van der Waals surface area contributed by atoms with Gasteiger partial charge >= 0.3 is 0 Å². The molecule has 0 bridgehead atoms. The first-order valence-electron chi connectivity index (χ1n) is 5.53. The highest BCUT2D eigenvalue weighted by Gasteiger charge is 2.26. The van der Waals surface area contributed by atoms with Gasteiger partial charge in [-0.15, -0.1) is 0 Å². The third-order valence-corrected chi connectivity index (χ3v) is 3.48. The highest BCUT2D eigenvalue weighted by molar-refractivity contribution is 6.32. The zero-order valence-corrected chi connectivity index (χ0v) is 10.0. The third kappa shape index (κ3) is 2.19. The number of aromatic nitrogens is 1. The molecule has 0 N–H and O–H groups in total. The van der Waals surface area contributed by atoms with Crippen molar-refractivity contribution in [1.82, 2.24) is 4.98 Å². The van der Waals surface area contributed by atoms with Gasteiger partial charge in [-0.3, -0.25) is 0 Å². The molecule has 2 atom stereocenters. The molecule has 1 aliphatic heterocycles. The monoisotopic (exact) mass is 238 g/mol. The Bertz CT molecular complexity index is 383. The Balaban J connectivity index is 2.13. The normalized spacial score (nSPS) is 25.5. The lowest BCUT2D eigenvalue weighted by Gasteiger charge is -2.35. The van der Waals surface area contributed by atoms with Crippen LogP contribution in [0.2, 0.25) is 5.02 Å². The van der Waals surface area contributed by atoms with E-state index in [2.05, 4.69) is 16.8 Å². The van der Waals surface area contributed by atoms with Gasteiger partial charge in [0, 0.05) is 25.2 Å². The zero-order valence-electron chi connectivity index (χ0n) is 9.27. The summed E-state index contributed by atoms with van der Waals surface area (Å²) >= 11 is 6.10. The van der Waals surface area contributed by atoms with Crippen molar-refractivity contribution >= 4 is 23.7 Å². The number of hydrogen-bond donors (Lipinski definition) is 0. The first-order valence-corrected chi connectivity index (χ1v) is 5.91. The van der Waals surface area contributed by atoms with E-state index in [1.54, 1.807) is 6.20 Å². The minimum absolute atomic E-state index is 0.179. The van der Waals surface area contributed by atoms with Crippen molar-refractivity contribution in [2.45, 2.75) is 13.3 Å². The minimum atomic E-state index is 0.179. The van der Waals surface area contributed by atoms with Crippen molar-refractivity contribution in [2.24, 2.45) is 11.8 Å². The van der Waals surface area contributed by atoms with Crippen LogP contribution in [0.3, 0.4) is 0 Å². The molecule has 4 heteroatoms. The lowest BCUT2D eigenvalue weighted by Crippen LogP contribution is -2.40. The van der Waals surface area contributed by atoms with Gasteiger partial charge in [0.1, 0.15) is 12.1 Å². The smallest absolute Gasteiger partial charge is 0.147 e. The van der Waals surface area contributed by atoms with E-state index in [0.29, 0.717) is 10.9 Å². The molecule has 0 spiro atoms. The number of nitrogens with zero attached hydrogens (tertiary/aromatic N) is 2. The predicted molar refractivity (Wildman–Crippen MR) is 64.8 cm³/mol. The zero-order chi connectivity index (χ0) is 11.5. The number of carbonyl (C=O) groups excluding carboxylic acids is 1. The molecule has 1 fully saturated rings. The van der Waals surface area contributed by atoms with E-state index >= 15 is 0 Å². The Labute approximate surface area is 100 Å². The van der Waals surface area contributed by atoms with Crippen LogP contribution in [0.4, 0.5) is 5.82 Å². The van der Waals surface area contributed by atoms with Crippen LogP contribution in [0.5, 0.6) is 0 Å². The summed E-state index contributed by atoms with van der Waals surface area (Å²) in [6, 6.07) is 3.67. The van der Waals surface area contributed by atoms with Gasteiger partial charge in [-0.25, -0.2) is 4.98 Å². The van der Waals surface area contributed by atoms with E-state index < -0.39 is 0 Å². The summed E-state index contributed by atoms with van der Waals surface area (Å²) in [5.41, 5.74) is 0. The van der Waals surface area contributed by atoms with Gasteiger partial charge < -0.3 is 9.69 Å². The van der Waals surface area contributed by atoms with Crippen LogP contribution in [-0.4, -0.2) is 24.4 Å². The molecule has 2 rings (SSSR count). The summed E-state index contributed by atoms with van der Waals surface area (Å²) in [5.74, 6) is 1.38. The number of anilines is 1. The number of carbonyl (C=O) groups is 1. The van der Waals surface area contributed by atoms with Crippen molar-refractivity contribution in [3.8, 4) is 0 Å². The Kier molecular flexibility index (Phi) is 3.44. The van der Waals surface area contributed by atoms with Crippen molar-refractivity contribution in [1.29, 1.82) is 0 Å². The Hall–Kier alpha value is -1.09. The van der Waals surface area contributed by atoms with Gasteiger partial charge in [0.15, 0.2) is 0 Å². The van der Waals surface area contributed by atoms with Crippen LogP contribution in [0.1, 0.15) is 13.3 Å². The van der Waals surface area contributed by atoms with Gasteiger partial charge in [0.25, 0.3) is 0 Å². The van der Waals surface area contributed by atoms with Crippen LogP contribution >= 0.6 is 11.6 Å². The van der Waals surface area contributed by atoms with E-state index in [-0.39, 0.29) is 5.92 Å². The van der Waals surface area contributed by atoms with Gasteiger partial charge in [-0.05, 0) is 24.5 Å². The number of halogens is 1. The first kappa shape index (κ1) is 11.4. The second-order valence-electron chi connectivity index (χ2n) is 4.32. The van der Waals surface area contributed by atoms with E-state index in [9.17, 15) is 4.79 Å². The van der Waals surface area contributed by atoms with Gasteiger partial charge in [-0.1, -0.05) is 18.5 Å². The predicted octanol–water partition coefficient (Wildman–Crippen LogP) is 2.40. The maximum absolute atomic E-state index is 10.8. The largest absolute Gasteiger partial charge is 0.355 e. The number of aldehydes is 1. The summed E-state index contributed by atoms with van der Waals surface area (Å²) in [4.78, 5) is 17.3. The van der Waals surface area contributed by atoms with Crippen LogP contribution in [0, 0.1) is 11.8 Å². The average molecular weight is 239 g/mol. The molecule has 0 amide bonds. The van der Waals surface area contributed by atoms with Crippen molar-refractivity contribution in [3.05, 3.63) is 23.4 Å². The molecule has 1 saturated heterocycles. The standard InChI is InChI=1S/C12H15ClN2O/c1-9-7-15(6-4-10(9)8-16)12-11(13)3-2-5-14-12/h2-3,5,8-10H,4,6-7H2,1H3. The molecule has 0 radical (unpaired) electrons. The highest BCUT2D eigenvalue weighted by Crippen LogP contribution is 2.29. The van der Waals surface area contributed by atoms with E-state index in [0.717, 1.165) is 31.6 Å². The number of hydrogen-bond acceptors (Lipinski definition) is 3. The SMILES string of the molecule is CC1CN(c2ncccc2Cl)CCC1C=O. The van der Waals surface area contributed by atoms with Crippen molar-refractivity contribution in [3.63, 3.8) is 0 Å². The highest BCUT2D eigenvalue weighted by atomic mass is 35.5. The maximum atomic E-state index is 10.8. The van der Waals surface area contributed by atoms with Crippen LogP contribution in [0.15, 0.2) is 18.3 Å². The molecule has 1 aromatic rings. The molecule has 0 aromatic carbocycles. The Morgan fingerprint density at radius 1 is 1.62 bits per heavy atom. The topological polar surface area (TPSA) is 33.2 Å². The Morgan fingerprint density at radius 3 is 3.06 bits per heavy atom. The summed E-state index contributed by atoms with van der Waals surface area (Å²) in [5, 5.41) is 0.680. The van der Waals surface area contributed by atoms with Crippen LogP contribution in [-0.2, 0) is 4.79 Å². The molecule has 16 heavy (non-hydrogen) atoms. The minimum Gasteiger partial charge on any atom is -0.355 e. The van der Waals surface area contributed by atoms with Gasteiger partial charge in [0.05, 0.1) is 5.02 Å². The lowest BCUT2D eigenvalue weighted by atomic mass is 9.88. The average Bonchev–Trinajstić information content (AvgIpc) is 2.29. The first-order chi connectivity index (χ1) is 7.72. The molecular formula is C12H15ClN2O. The summed E-state index contributed by atoms with van der Waals surface area (Å²) in [7, 11) is 0.